The zero-order chi connectivity index (χ0) is 12.2. The molecule has 0 aromatic rings. The number of rotatable bonds is 11. The SMILES string of the molecule is CCC(COC)NCC(O)COCCOC. The lowest BCUT2D eigenvalue weighted by molar-refractivity contribution is 0.0117. The minimum atomic E-state index is -0.484. The molecule has 2 N–H and O–H groups in total. The number of hydrogen-bond acceptors (Lipinski definition) is 5. The molecule has 0 spiro atoms. The molecule has 16 heavy (non-hydrogen) atoms. The van der Waals surface area contributed by atoms with Crippen molar-refractivity contribution >= 4 is 0 Å². The molecular weight excluding hydrogens is 210 g/mol. The monoisotopic (exact) mass is 235 g/mol. The van der Waals surface area contributed by atoms with Crippen molar-refractivity contribution in [2.24, 2.45) is 0 Å². The summed E-state index contributed by atoms with van der Waals surface area (Å²) in [6.07, 6.45) is 0.494. The third kappa shape index (κ3) is 9.06. The van der Waals surface area contributed by atoms with Gasteiger partial charge < -0.3 is 24.6 Å². The van der Waals surface area contributed by atoms with Gasteiger partial charge in [0.2, 0.25) is 0 Å². The lowest BCUT2D eigenvalue weighted by Crippen LogP contribution is -2.39. The van der Waals surface area contributed by atoms with E-state index in [1.54, 1.807) is 14.2 Å². The number of aliphatic hydroxyl groups is 1. The minimum Gasteiger partial charge on any atom is -0.389 e. The minimum absolute atomic E-state index is 0.290. The van der Waals surface area contributed by atoms with Crippen LogP contribution >= 0.6 is 0 Å². The molecule has 5 heteroatoms. The van der Waals surface area contributed by atoms with Gasteiger partial charge in [-0.25, -0.2) is 0 Å². The highest BCUT2D eigenvalue weighted by Crippen LogP contribution is 1.92. The van der Waals surface area contributed by atoms with E-state index in [2.05, 4.69) is 12.2 Å². The van der Waals surface area contributed by atoms with E-state index in [4.69, 9.17) is 14.2 Å². The summed E-state index contributed by atoms with van der Waals surface area (Å²) in [5, 5.41) is 12.8. The van der Waals surface area contributed by atoms with Gasteiger partial charge in [-0.2, -0.15) is 0 Å². The van der Waals surface area contributed by atoms with E-state index >= 15 is 0 Å². The van der Waals surface area contributed by atoms with Gasteiger partial charge >= 0.3 is 0 Å². The Kier molecular flexibility index (Phi) is 11.1. The van der Waals surface area contributed by atoms with Gasteiger partial charge in [0.05, 0.1) is 32.5 Å². The summed E-state index contributed by atoms with van der Waals surface area (Å²) in [5.41, 5.74) is 0. The van der Waals surface area contributed by atoms with Crippen LogP contribution in [0.5, 0.6) is 0 Å². The van der Waals surface area contributed by atoms with Gasteiger partial charge in [-0.3, -0.25) is 0 Å². The first-order valence-electron chi connectivity index (χ1n) is 5.71. The predicted octanol–water partition coefficient (Wildman–Crippen LogP) is 0.0249. The van der Waals surface area contributed by atoms with E-state index in [0.717, 1.165) is 6.42 Å². The fourth-order valence-electron chi connectivity index (χ4n) is 1.25. The Labute approximate surface area is 98.1 Å². The van der Waals surface area contributed by atoms with Crippen molar-refractivity contribution < 1.29 is 19.3 Å². The molecule has 0 aromatic heterocycles. The molecule has 0 amide bonds. The van der Waals surface area contributed by atoms with E-state index in [0.29, 0.717) is 39.0 Å². The van der Waals surface area contributed by atoms with Crippen molar-refractivity contribution in [3.8, 4) is 0 Å². The Morgan fingerprint density at radius 3 is 2.44 bits per heavy atom. The van der Waals surface area contributed by atoms with Crippen LogP contribution in [-0.2, 0) is 14.2 Å². The largest absolute Gasteiger partial charge is 0.389 e. The zero-order valence-corrected chi connectivity index (χ0v) is 10.6. The van der Waals surface area contributed by atoms with Crippen LogP contribution in [0.3, 0.4) is 0 Å². The lowest BCUT2D eigenvalue weighted by atomic mass is 10.2. The Bertz CT molecular complexity index is 146. The van der Waals surface area contributed by atoms with Crippen molar-refractivity contribution in [1.82, 2.24) is 5.32 Å². The van der Waals surface area contributed by atoms with E-state index in [1.807, 2.05) is 0 Å². The summed E-state index contributed by atoms with van der Waals surface area (Å²) < 4.78 is 15.1. The van der Waals surface area contributed by atoms with Crippen molar-refractivity contribution in [2.75, 3.05) is 47.2 Å². The average Bonchev–Trinajstić information content (AvgIpc) is 2.30. The maximum absolute atomic E-state index is 9.59. The van der Waals surface area contributed by atoms with Crippen LogP contribution in [0, 0.1) is 0 Å². The number of nitrogens with one attached hydrogen (secondary N) is 1. The summed E-state index contributed by atoms with van der Waals surface area (Å²) in [5.74, 6) is 0. The Morgan fingerprint density at radius 1 is 1.12 bits per heavy atom. The second-order valence-electron chi connectivity index (χ2n) is 3.69. The van der Waals surface area contributed by atoms with Crippen molar-refractivity contribution in [2.45, 2.75) is 25.5 Å². The second-order valence-corrected chi connectivity index (χ2v) is 3.69. The van der Waals surface area contributed by atoms with Crippen molar-refractivity contribution in [1.29, 1.82) is 0 Å². The highest BCUT2D eigenvalue weighted by Gasteiger charge is 2.09. The van der Waals surface area contributed by atoms with Gasteiger partial charge in [0.25, 0.3) is 0 Å². The second kappa shape index (κ2) is 11.3. The molecule has 0 bridgehead atoms. The third-order valence-corrected chi connectivity index (χ3v) is 2.24. The molecule has 0 fully saturated rings. The lowest BCUT2D eigenvalue weighted by Gasteiger charge is -2.18. The van der Waals surface area contributed by atoms with Crippen LogP contribution in [0.25, 0.3) is 0 Å². The average molecular weight is 235 g/mol. The number of ether oxygens (including phenoxy) is 3. The first-order valence-corrected chi connectivity index (χ1v) is 5.71. The molecule has 5 nitrogen and oxygen atoms in total. The van der Waals surface area contributed by atoms with Crippen molar-refractivity contribution in [3.05, 3.63) is 0 Å². The Balaban J connectivity index is 3.43. The van der Waals surface area contributed by atoms with Crippen LogP contribution in [0.4, 0.5) is 0 Å². The van der Waals surface area contributed by atoms with Crippen LogP contribution in [0.1, 0.15) is 13.3 Å². The van der Waals surface area contributed by atoms with Crippen LogP contribution < -0.4 is 5.32 Å². The highest BCUT2D eigenvalue weighted by molar-refractivity contribution is 4.67. The molecular formula is C11H25NO4. The number of hydrogen-bond donors (Lipinski definition) is 2. The van der Waals surface area contributed by atoms with Crippen LogP contribution in [0.15, 0.2) is 0 Å². The molecule has 0 heterocycles. The number of aliphatic hydroxyl groups excluding tert-OH is 1. The summed E-state index contributed by atoms with van der Waals surface area (Å²) in [4.78, 5) is 0. The smallest absolute Gasteiger partial charge is 0.0897 e. The first kappa shape index (κ1) is 15.8. The third-order valence-electron chi connectivity index (χ3n) is 2.24. The Morgan fingerprint density at radius 2 is 1.88 bits per heavy atom. The highest BCUT2D eigenvalue weighted by atomic mass is 16.5. The van der Waals surface area contributed by atoms with Gasteiger partial charge in [0.15, 0.2) is 0 Å². The molecule has 0 saturated carbocycles. The van der Waals surface area contributed by atoms with E-state index in [-0.39, 0.29) is 0 Å². The molecule has 0 aliphatic rings. The van der Waals surface area contributed by atoms with E-state index in [9.17, 15) is 5.11 Å². The summed E-state index contributed by atoms with van der Waals surface area (Å²) in [7, 11) is 3.30. The molecule has 2 atom stereocenters. The summed E-state index contributed by atoms with van der Waals surface area (Å²) >= 11 is 0. The first-order chi connectivity index (χ1) is 7.74. The molecule has 0 saturated heterocycles. The molecule has 0 rings (SSSR count). The number of methoxy groups -OCH3 is 2. The van der Waals surface area contributed by atoms with Gasteiger partial charge in [-0.15, -0.1) is 0 Å². The molecule has 0 aromatic carbocycles. The fourth-order valence-corrected chi connectivity index (χ4v) is 1.25. The van der Waals surface area contributed by atoms with E-state index < -0.39 is 6.10 Å². The van der Waals surface area contributed by atoms with Gasteiger partial charge in [-0.1, -0.05) is 6.92 Å². The normalized spacial score (nSPS) is 15.0. The zero-order valence-electron chi connectivity index (χ0n) is 10.6. The quantitative estimate of drug-likeness (QED) is 0.495. The van der Waals surface area contributed by atoms with Crippen LogP contribution in [-0.4, -0.2) is 64.4 Å². The van der Waals surface area contributed by atoms with Gasteiger partial charge in [0.1, 0.15) is 0 Å². The van der Waals surface area contributed by atoms with Crippen LogP contribution in [0.2, 0.25) is 0 Å². The van der Waals surface area contributed by atoms with Gasteiger partial charge in [-0.05, 0) is 6.42 Å². The molecule has 0 aliphatic heterocycles. The fraction of sp³-hybridized carbons (Fsp3) is 1.00. The predicted molar refractivity (Wildman–Crippen MR) is 62.7 cm³/mol. The topological polar surface area (TPSA) is 60.0 Å². The molecule has 0 radical (unpaired) electrons. The van der Waals surface area contributed by atoms with E-state index in [1.165, 1.54) is 0 Å². The molecule has 98 valence electrons. The molecule has 2 unspecified atom stereocenters. The van der Waals surface area contributed by atoms with Crippen molar-refractivity contribution in [3.63, 3.8) is 0 Å². The standard InChI is InChI=1S/C11H25NO4/c1-4-10(8-15-3)12-7-11(13)9-16-6-5-14-2/h10-13H,4-9H2,1-3H3. The molecule has 0 aliphatic carbocycles. The van der Waals surface area contributed by atoms with Gasteiger partial charge in [0, 0.05) is 26.8 Å². The summed E-state index contributed by atoms with van der Waals surface area (Å²) in [6, 6.07) is 0.290. The maximum Gasteiger partial charge on any atom is 0.0897 e. The summed E-state index contributed by atoms with van der Waals surface area (Å²) in [6.45, 7) is 4.67. The maximum atomic E-state index is 9.59. The Hall–Kier alpha value is -0.200.